The van der Waals surface area contributed by atoms with Gasteiger partial charge in [-0.2, -0.15) is 0 Å². The van der Waals surface area contributed by atoms with Gasteiger partial charge >= 0.3 is 5.97 Å². The molecule has 0 bridgehead atoms. The molecule has 0 aliphatic heterocycles. The lowest BCUT2D eigenvalue weighted by Crippen LogP contribution is -2.16. The summed E-state index contributed by atoms with van der Waals surface area (Å²) in [5.41, 5.74) is 0.698. The number of benzene rings is 2. The summed E-state index contributed by atoms with van der Waals surface area (Å²) in [7, 11) is 0. The number of hydrogen-bond donors (Lipinski definition) is 1. The van der Waals surface area contributed by atoms with E-state index < -0.39 is 17.7 Å². The van der Waals surface area contributed by atoms with E-state index >= 15 is 0 Å². The van der Waals surface area contributed by atoms with Crippen molar-refractivity contribution in [3.8, 4) is 0 Å². The lowest BCUT2D eigenvalue weighted by Gasteiger charge is -2.16. The van der Waals surface area contributed by atoms with E-state index in [0.717, 1.165) is 0 Å². The maximum Gasteiger partial charge on any atom is 0.303 e. The molecular formula is C17H15FO3. The highest BCUT2D eigenvalue weighted by Crippen LogP contribution is 2.27. The highest BCUT2D eigenvalue weighted by Gasteiger charge is 2.25. The van der Waals surface area contributed by atoms with Crippen LogP contribution >= 0.6 is 0 Å². The Bertz CT molecular complexity index is 637. The average Bonchev–Trinajstić information content (AvgIpc) is 2.49. The number of halogens is 1. The number of carbonyl (C=O) groups is 2. The summed E-state index contributed by atoms with van der Waals surface area (Å²) < 4.78 is 13.9. The van der Waals surface area contributed by atoms with Crippen molar-refractivity contribution in [2.75, 3.05) is 0 Å². The average molecular weight is 286 g/mol. The quantitative estimate of drug-likeness (QED) is 0.824. The molecule has 2 rings (SSSR count). The second-order valence-electron chi connectivity index (χ2n) is 4.74. The van der Waals surface area contributed by atoms with Gasteiger partial charge in [-0.25, -0.2) is 4.39 Å². The SMILES string of the molecule is O=C(O)CCC(C(=O)c1ccccc1)c1ccccc1F. The Hall–Kier alpha value is -2.49. The van der Waals surface area contributed by atoms with Crippen LogP contribution in [0, 0.1) is 5.82 Å². The number of carbonyl (C=O) groups excluding carboxylic acids is 1. The van der Waals surface area contributed by atoms with Gasteiger partial charge in [-0.15, -0.1) is 0 Å². The summed E-state index contributed by atoms with van der Waals surface area (Å²) >= 11 is 0. The normalized spacial score (nSPS) is 11.9. The van der Waals surface area contributed by atoms with Crippen LogP contribution in [-0.2, 0) is 4.79 Å². The Morgan fingerprint density at radius 1 is 1.00 bits per heavy atom. The summed E-state index contributed by atoms with van der Waals surface area (Å²) in [6, 6.07) is 14.5. The first-order valence-electron chi connectivity index (χ1n) is 6.65. The molecular weight excluding hydrogens is 271 g/mol. The maximum atomic E-state index is 13.9. The highest BCUT2D eigenvalue weighted by molar-refractivity contribution is 6.01. The number of aliphatic carboxylic acids is 1. The third-order valence-electron chi connectivity index (χ3n) is 3.30. The van der Waals surface area contributed by atoms with Gasteiger partial charge in [0.2, 0.25) is 0 Å². The van der Waals surface area contributed by atoms with E-state index in [1.165, 1.54) is 12.1 Å². The van der Waals surface area contributed by atoms with Crippen molar-refractivity contribution < 1.29 is 19.1 Å². The van der Waals surface area contributed by atoms with Crippen LogP contribution < -0.4 is 0 Å². The number of ketones is 1. The molecule has 0 spiro atoms. The zero-order valence-electron chi connectivity index (χ0n) is 11.3. The van der Waals surface area contributed by atoms with Gasteiger partial charge in [0, 0.05) is 12.0 Å². The van der Waals surface area contributed by atoms with Crippen LogP contribution in [0.1, 0.15) is 34.7 Å². The minimum Gasteiger partial charge on any atom is -0.481 e. The van der Waals surface area contributed by atoms with Gasteiger partial charge in [0.05, 0.1) is 5.92 Å². The highest BCUT2D eigenvalue weighted by atomic mass is 19.1. The summed E-state index contributed by atoms with van der Waals surface area (Å²) in [5, 5.41) is 8.83. The molecule has 0 aromatic heterocycles. The Labute approximate surface area is 122 Å². The summed E-state index contributed by atoms with van der Waals surface area (Å²) in [6.45, 7) is 0. The van der Waals surface area contributed by atoms with Crippen LogP contribution in [0.5, 0.6) is 0 Å². The van der Waals surface area contributed by atoms with Gasteiger partial charge in [0.1, 0.15) is 5.82 Å². The molecule has 1 N–H and O–H groups in total. The van der Waals surface area contributed by atoms with Gasteiger partial charge in [-0.1, -0.05) is 48.5 Å². The minimum atomic E-state index is -1.00. The molecule has 0 aliphatic rings. The van der Waals surface area contributed by atoms with E-state index in [9.17, 15) is 14.0 Å². The lowest BCUT2D eigenvalue weighted by molar-refractivity contribution is -0.137. The largest absolute Gasteiger partial charge is 0.481 e. The first-order valence-corrected chi connectivity index (χ1v) is 6.65. The number of carboxylic acids is 1. The molecule has 0 radical (unpaired) electrons. The molecule has 1 unspecified atom stereocenters. The number of hydrogen-bond acceptors (Lipinski definition) is 2. The summed E-state index contributed by atoms with van der Waals surface area (Å²) in [5.74, 6) is -2.54. The first-order chi connectivity index (χ1) is 10.1. The molecule has 4 heteroatoms. The molecule has 0 saturated carbocycles. The molecule has 2 aromatic carbocycles. The molecule has 1 atom stereocenters. The summed E-state index contributed by atoms with van der Waals surface area (Å²) in [4.78, 5) is 23.3. The van der Waals surface area contributed by atoms with Crippen LogP contribution in [0.2, 0.25) is 0 Å². The molecule has 0 saturated heterocycles. The Morgan fingerprint density at radius 2 is 1.62 bits per heavy atom. The zero-order chi connectivity index (χ0) is 15.2. The van der Waals surface area contributed by atoms with E-state index in [4.69, 9.17) is 5.11 Å². The van der Waals surface area contributed by atoms with Crippen LogP contribution in [-0.4, -0.2) is 16.9 Å². The van der Waals surface area contributed by atoms with Crippen LogP contribution in [0.15, 0.2) is 54.6 Å². The minimum absolute atomic E-state index is 0.0734. The molecule has 0 amide bonds. The molecule has 0 fully saturated rings. The standard InChI is InChI=1S/C17H15FO3/c18-15-9-5-4-8-13(15)14(10-11-16(19)20)17(21)12-6-2-1-3-7-12/h1-9,14H,10-11H2,(H,19,20). The van der Waals surface area contributed by atoms with Crippen molar-refractivity contribution in [3.63, 3.8) is 0 Å². The van der Waals surface area contributed by atoms with E-state index in [0.29, 0.717) is 5.56 Å². The predicted octanol–water partition coefficient (Wildman–Crippen LogP) is 3.66. The number of rotatable bonds is 6. The first kappa shape index (κ1) is 14.9. The Kier molecular flexibility index (Phi) is 4.82. The second-order valence-corrected chi connectivity index (χ2v) is 4.74. The molecule has 0 aliphatic carbocycles. The third kappa shape index (κ3) is 3.75. The van der Waals surface area contributed by atoms with E-state index in [1.54, 1.807) is 42.5 Å². The van der Waals surface area contributed by atoms with Gasteiger partial charge < -0.3 is 5.11 Å². The number of carboxylic acid groups (broad SMARTS) is 1. The predicted molar refractivity (Wildman–Crippen MR) is 76.8 cm³/mol. The fourth-order valence-electron chi connectivity index (χ4n) is 2.26. The van der Waals surface area contributed by atoms with Gasteiger partial charge in [0.15, 0.2) is 5.78 Å². The summed E-state index contributed by atoms with van der Waals surface area (Å²) in [6.07, 6.45) is -0.110. The molecule has 2 aromatic rings. The van der Waals surface area contributed by atoms with Crippen molar-refractivity contribution in [1.82, 2.24) is 0 Å². The van der Waals surface area contributed by atoms with Crippen molar-refractivity contribution >= 4 is 11.8 Å². The van der Waals surface area contributed by atoms with Gasteiger partial charge in [0.25, 0.3) is 0 Å². The van der Waals surface area contributed by atoms with E-state index in [-0.39, 0.29) is 24.2 Å². The van der Waals surface area contributed by atoms with Gasteiger partial charge in [-0.05, 0) is 18.1 Å². The Morgan fingerprint density at radius 3 is 2.24 bits per heavy atom. The second kappa shape index (κ2) is 6.79. The fraction of sp³-hybridized carbons (Fsp3) is 0.176. The molecule has 108 valence electrons. The molecule has 3 nitrogen and oxygen atoms in total. The maximum absolute atomic E-state index is 13.9. The third-order valence-corrected chi connectivity index (χ3v) is 3.30. The van der Waals surface area contributed by atoms with E-state index in [2.05, 4.69) is 0 Å². The zero-order valence-corrected chi connectivity index (χ0v) is 11.3. The van der Waals surface area contributed by atoms with Gasteiger partial charge in [-0.3, -0.25) is 9.59 Å². The van der Waals surface area contributed by atoms with E-state index in [1.807, 2.05) is 0 Å². The Balaban J connectivity index is 2.34. The molecule has 21 heavy (non-hydrogen) atoms. The monoisotopic (exact) mass is 286 g/mol. The molecule has 0 heterocycles. The van der Waals surface area contributed by atoms with Crippen molar-refractivity contribution in [1.29, 1.82) is 0 Å². The lowest BCUT2D eigenvalue weighted by atomic mass is 9.86. The topological polar surface area (TPSA) is 54.4 Å². The van der Waals surface area contributed by atoms with Crippen LogP contribution in [0.4, 0.5) is 4.39 Å². The van der Waals surface area contributed by atoms with Crippen molar-refractivity contribution in [2.24, 2.45) is 0 Å². The van der Waals surface area contributed by atoms with Crippen LogP contribution in [0.3, 0.4) is 0 Å². The smallest absolute Gasteiger partial charge is 0.303 e. The van der Waals surface area contributed by atoms with Crippen molar-refractivity contribution in [3.05, 3.63) is 71.5 Å². The number of Topliss-reactive ketones (excluding diaryl/α,β-unsaturated/α-hetero) is 1. The fourth-order valence-corrected chi connectivity index (χ4v) is 2.26. The van der Waals surface area contributed by atoms with Crippen LogP contribution in [0.25, 0.3) is 0 Å². The van der Waals surface area contributed by atoms with Crippen molar-refractivity contribution in [2.45, 2.75) is 18.8 Å².